The standard InChI is InChI=1S/C16H18N2O5S2/c1-10-3-4-12(11(2)9-10)18-14(19)5-7-17-25(22,23)13-6-8-24-15(13)16(20)21/h3-4,6,8-9,17H,5,7H2,1-2H3,(H,18,19)(H,20,21). The van der Waals surface area contributed by atoms with Gasteiger partial charge < -0.3 is 10.4 Å². The summed E-state index contributed by atoms with van der Waals surface area (Å²) in [5, 5.41) is 13.1. The van der Waals surface area contributed by atoms with Crippen LogP contribution in [0.15, 0.2) is 34.5 Å². The number of aryl methyl sites for hydroxylation is 2. The summed E-state index contributed by atoms with van der Waals surface area (Å²) in [6.45, 7) is 3.69. The minimum absolute atomic E-state index is 0.0703. The Bertz CT molecular complexity index is 903. The summed E-state index contributed by atoms with van der Waals surface area (Å²) in [4.78, 5) is 22.4. The fraction of sp³-hybridized carbons (Fsp3) is 0.250. The maximum atomic E-state index is 12.2. The highest BCUT2D eigenvalue weighted by Crippen LogP contribution is 2.21. The molecule has 0 aliphatic rings. The molecule has 2 rings (SSSR count). The molecule has 1 amide bonds. The molecule has 0 spiro atoms. The number of benzene rings is 1. The second-order valence-corrected chi connectivity index (χ2v) is 8.08. The van der Waals surface area contributed by atoms with Gasteiger partial charge in [-0.2, -0.15) is 0 Å². The molecule has 0 unspecified atom stereocenters. The Morgan fingerprint density at radius 2 is 1.92 bits per heavy atom. The Kier molecular flexibility index (Phi) is 5.93. The number of carboxylic acids is 1. The molecular weight excluding hydrogens is 364 g/mol. The van der Waals surface area contributed by atoms with Crippen molar-refractivity contribution in [2.75, 3.05) is 11.9 Å². The molecule has 1 aromatic heterocycles. The first kappa shape index (κ1) is 19.1. The SMILES string of the molecule is Cc1ccc(NC(=O)CCNS(=O)(=O)c2ccsc2C(=O)O)c(C)c1. The van der Waals surface area contributed by atoms with Gasteiger partial charge in [0, 0.05) is 18.7 Å². The highest BCUT2D eigenvalue weighted by molar-refractivity contribution is 7.89. The number of anilines is 1. The second-order valence-electron chi connectivity index (χ2n) is 5.43. The van der Waals surface area contributed by atoms with Crippen LogP contribution < -0.4 is 10.0 Å². The number of carboxylic acid groups (broad SMARTS) is 1. The average Bonchev–Trinajstić information content (AvgIpc) is 3.00. The lowest BCUT2D eigenvalue weighted by Crippen LogP contribution is -2.28. The van der Waals surface area contributed by atoms with Gasteiger partial charge in [-0.05, 0) is 36.9 Å². The van der Waals surface area contributed by atoms with E-state index in [0.717, 1.165) is 22.5 Å². The Morgan fingerprint density at radius 3 is 2.56 bits per heavy atom. The van der Waals surface area contributed by atoms with Crippen LogP contribution in [-0.2, 0) is 14.8 Å². The van der Waals surface area contributed by atoms with Gasteiger partial charge >= 0.3 is 5.97 Å². The lowest BCUT2D eigenvalue weighted by molar-refractivity contribution is -0.116. The summed E-state index contributed by atoms with van der Waals surface area (Å²) in [6, 6.07) is 6.82. The van der Waals surface area contributed by atoms with Gasteiger partial charge in [0.2, 0.25) is 15.9 Å². The fourth-order valence-corrected chi connectivity index (χ4v) is 4.50. The number of sulfonamides is 1. The maximum Gasteiger partial charge on any atom is 0.347 e. The molecule has 3 N–H and O–H groups in total. The summed E-state index contributed by atoms with van der Waals surface area (Å²) < 4.78 is 26.6. The van der Waals surface area contributed by atoms with Crippen molar-refractivity contribution in [3.05, 3.63) is 45.6 Å². The zero-order valence-electron chi connectivity index (χ0n) is 13.7. The number of carbonyl (C=O) groups is 2. The van der Waals surface area contributed by atoms with Crippen molar-refractivity contribution >= 4 is 38.9 Å². The monoisotopic (exact) mass is 382 g/mol. The van der Waals surface area contributed by atoms with E-state index in [9.17, 15) is 18.0 Å². The van der Waals surface area contributed by atoms with Crippen molar-refractivity contribution in [1.29, 1.82) is 0 Å². The molecular formula is C16H18N2O5S2. The predicted molar refractivity (Wildman–Crippen MR) is 95.6 cm³/mol. The van der Waals surface area contributed by atoms with E-state index < -0.39 is 16.0 Å². The molecule has 0 aliphatic carbocycles. The van der Waals surface area contributed by atoms with E-state index in [1.165, 1.54) is 11.4 Å². The van der Waals surface area contributed by atoms with E-state index >= 15 is 0 Å². The van der Waals surface area contributed by atoms with Crippen LogP contribution in [0.3, 0.4) is 0 Å². The van der Waals surface area contributed by atoms with Crippen LogP contribution in [0, 0.1) is 13.8 Å². The average molecular weight is 382 g/mol. The molecule has 0 bridgehead atoms. The van der Waals surface area contributed by atoms with Gasteiger partial charge in [0.15, 0.2) is 0 Å². The third-order valence-corrected chi connectivity index (χ3v) is 5.95. The fourth-order valence-electron chi connectivity index (χ4n) is 2.21. The summed E-state index contributed by atoms with van der Waals surface area (Å²) in [6.07, 6.45) is -0.0703. The summed E-state index contributed by atoms with van der Waals surface area (Å²) in [7, 11) is -3.98. The van der Waals surface area contributed by atoms with Crippen molar-refractivity contribution in [3.63, 3.8) is 0 Å². The van der Waals surface area contributed by atoms with Crippen LogP contribution in [0.5, 0.6) is 0 Å². The van der Waals surface area contributed by atoms with Gasteiger partial charge in [0.1, 0.15) is 9.77 Å². The Morgan fingerprint density at radius 1 is 1.20 bits per heavy atom. The number of carbonyl (C=O) groups excluding carboxylic acids is 1. The number of thiophene rings is 1. The zero-order valence-corrected chi connectivity index (χ0v) is 15.3. The molecule has 1 heterocycles. The molecule has 0 aliphatic heterocycles. The van der Waals surface area contributed by atoms with Gasteiger partial charge in [-0.3, -0.25) is 4.79 Å². The highest BCUT2D eigenvalue weighted by atomic mass is 32.2. The van der Waals surface area contributed by atoms with E-state index in [1.807, 2.05) is 26.0 Å². The first-order valence-electron chi connectivity index (χ1n) is 7.38. The third kappa shape index (κ3) is 4.88. The Hall–Kier alpha value is -2.23. The van der Waals surface area contributed by atoms with Crippen molar-refractivity contribution in [1.82, 2.24) is 4.72 Å². The topological polar surface area (TPSA) is 113 Å². The van der Waals surface area contributed by atoms with E-state index in [1.54, 1.807) is 6.07 Å². The first-order valence-corrected chi connectivity index (χ1v) is 9.74. The van der Waals surface area contributed by atoms with Gasteiger partial charge in [-0.25, -0.2) is 17.9 Å². The first-order chi connectivity index (χ1) is 11.7. The molecule has 2 aromatic rings. The number of nitrogens with one attached hydrogen (secondary N) is 2. The normalized spacial score (nSPS) is 11.3. The minimum Gasteiger partial charge on any atom is -0.477 e. The number of aromatic carboxylic acids is 1. The zero-order chi connectivity index (χ0) is 18.6. The molecule has 0 saturated carbocycles. The molecule has 134 valence electrons. The van der Waals surface area contributed by atoms with Gasteiger partial charge in [-0.15, -0.1) is 11.3 Å². The summed E-state index contributed by atoms with van der Waals surface area (Å²) >= 11 is 0.831. The van der Waals surface area contributed by atoms with Crippen molar-refractivity contribution in [3.8, 4) is 0 Å². The lowest BCUT2D eigenvalue weighted by Gasteiger charge is -2.10. The third-order valence-electron chi connectivity index (χ3n) is 3.41. The molecule has 9 heteroatoms. The second kappa shape index (κ2) is 7.77. The number of amides is 1. The minimum atomic E-state index is -3.98. The van der Waals surface area contributed by atoms with Crippen LogP contribution in [0.4, 0.5) is 5.69 Å². The predicted octanol–water partition coefficient (Wildman–Crippen LogP) is 2.37. The van der Waals surface area contributed by atoms with E-state index in [-0.39, 0.29) is 28.6 Å². The van der Waals surface area contributed by atoms with E-state index in [2.05, 4.69) is 10.0 Å². The van der Waals surface area contributed by atoms with E-state index in [0.29, 0.717) is 5.69 Å². The van der Waals surface area contributed by atoms with Crippen LogP contribution in [0.1, 0.15) is 27.2 Å². The molecule has 25 heavy (non-hydrogen) atoms. The Labute approximate surface area is 149 Å². The van der Waals surface area contributed by atoms with Gasteiger partial charge in [0.25, 0.3) is 0 Å². The van der Waals surface area contributed by atoms with Crippen LogP contribution >= 0.6 is 11.3 Å². The summed E-state index contributed by atoms with van der Waals surface area (Å²) in [5.41, 5.74) is 2.66. The molecule has 0 atom stereocenters. The summed E-state index contributed by atoms with van der Waals surface area (Å²) in [5.74, 6) is -1.64. The van der Waals surface area contributed by atoms with Crippen molar-refractivity contribution < 1.29 is 23.1 Å². The molecule has 0 saturated heterocycles. The number of rotatable bonds is 7. The van der Waals surface area contributed by atoms with Crippen molar-refractivity contribution in [2.45, 2.75) is 25.2 Å². The lowest BCUT2D eigenvalue weighted by atomic mass is 10.1. The van der Waals surface area contributed by atoms with Gasteiger partial charge in [-0.1, -0.05) is 17.7 Å². The molecule has 0 radical (unpaired) electrons. The van der Waals surface area contributed by atoms with E-state index in [4.69, 9.17) is 5.11 Å². The quantitative estimate of drug-likeness (QED) is 0.680. The van der Waals surface area contributed by atoms with Gasteiger partial charge in [0.05, 0.1) is 0 Å². The Balaban J connectivity index is 1.94. The van der Waals surface area contributed by atoms with Crippen LogP contribution in [-0.4, -0.2) is 31.9 Å². The number of hydrogen-bond acceptors (Lipinski definition) is 5. The largest absolute Gasteiger partial charge is 0.477 e. The van der Waals surface area contributed by atoms with Crippen LogP contribution in [0.25, 0.3) is 0 Å². The molecule has 1 aromatic carbocycles. The maximum absolute atomic E-state index is 12.2. The molecule has 0 fully saturated rings. The number of hydrogen-bond donors (Lipinski definition) is 3. The molecule has 7 nitrogen and oxygen atoms in total. The highest BCUT2D eigenvalue weighted by Gasteiger charge is 2.23. The van der Waals surface area contributed by atoms with Crippen LogP contribution in [0.2, 0.25) is 0 Å². The van der Waals surface area contributed by atoms with Crippen molar-refractivity contribution in [2.24, 2.45) is 0 Å². The smallest absolute Gasteiger partial charge is 0.347 e.